The molecule has 1 unspecified atom stereocenters. The summed E-state index contributed by atoms with van der Waals surface area (Å²) in [6, 6.07) is 26.9. The van der Waals surface area contributed by atoms with Crippen molar-refractivity contribution in [1.82, 2.24) is 10.3 Å². The van der Waals surface area contributed by atoms with E-state index in [0.717, 1.165) is 10.5 Å². The van der Waals surface area contributed by atoms with E-state index >= 15 is 0 Å². The Morgan fingerprint density at radius 2 is 1.65 bits per heavy atom. The maximum atomic E-state index is 13.6. The predicted molar refractivity (Wildman–Crippen MR) is 193 cm³/mol. The molecule has 0 spiro atoms. The van der Waals surface area contributed by atoms with Crippen molar-refractivity contribution in [1.29, 1.82) is 0 Å². The minimum atomic E-state index is -0.549. The maximum Gasteiger partial charge on any atom is 0.272 e. The van der Waals surface area contributed by atoms with E-state index < -0.39 is 17.1 Å². The topological polar surface area (TPSA) is 119 Å². The number of nitrogens with one attached hydrogen (secondary N) is 3. The van der Waals surface area contributed by atoms with E-state index in [1.165, 1.54) is 49.5 Å². The molecule has 9 nitrogen and oxygen atoms in total. The first-order valence-corrected chi connectivity index (χ1v) is 16.9. The zero-order valence-electron chi connectivity index (χ0n) is 26.9. The average Bonchev–Trinajstić information content (AvgIpc) is 3.59. The first-order chi connectivity index (χ1) is 23.8. The number of aromatic nitrogens is 1. The lowest BCUT2D eigenvalue weighted by Crippen LogP contribution is -2.30. The van der Waals surface area contributed by atoms with E-state index in [9.17, 15) is 18.8 Å². The van der Waals surface area contributed by atoms with Gasteiger partial charge < -0.3 is 25.4 Å². The van der Waals surface area contributed by atoms with Gasteiger partial charge in [-0.3, -0.25) is 14.4 Å². The fraction of sp³-hybridized carbons (Fsp3) is 0.135. The molecular weight excluding hydrogens is 664 g/mol. The second kappa shape index (κ2) is 16.6. The molecule has 5 rings (SSSR count). The lowest BCUT2D eigenvalue weighted by molar-refractivity contribution is -0.116. The summed E-state index contributed by atoms with van der Waals surface area (Å²) in [5, 5.41) is 10.3. The molecule has 4 aromatic carbocycles. The van der Waals surface area contributed by atoms with Gasteiger partial charge in [-0.15, -0.1) is 23.1 Å². The molecule has 0 saturated heterocycles. The molecular formula is C37H33FN4O5S2. The summed E-state index contributed by atoms with van der Waals surface area (Å²) in [5.41, 5.74) is 2.86. The molecule has 0 aliphatic rings. The van der Waals surface area contributed by atoms with Crippen molar-refractivity contribution in [3.63, 3.8) is 0 Å². The third-order valence-electron chi connectivity index (χ3n) is 7.16. The molecule has 0 saturated carbocycles. The van der Waals surface area contributed by atoms with Gasteiger partial charge in [0, 0.05) is 27.1 Å². The number of methoxy groups -OCH3 is 2. The van der Waals surface area contributed by atoms with Gasteiger partial charge in [0.2, 0.25) is 5.91 Å². The number of hydrogen-bond donors (Lipinski definition) is 3. The molecule has 0 aliphatic carbocycles. The lowest BCUT2D eigenvalue weighted by atomic mass is 10.1. The molecule has 49 heavy (non-hydrogen) atoms. The molecule has 0 aliphatic heterocycles. The fourth-order valence-corrected chi connectivity index (χ4v) is 6.39. The van der Waals surface area contributed by atoms with Crippen LogP contribution >= 0.6 is 23.1 Å². The molecule has 3 amide bonds. The zero-order chi connectivity index (χ0) is 34.8. The number of thiazole rings is 1. The van der Waals surface area contributed by atoms with Gasteiger partial charge in [-0.1, -0.05) is 37.3 Å². The summed E-state index contributed by atoms with van der Waals surface area (Å²) in [5.74, 6) is -0.562. The van der Waals surface area contributed by atoms with Gasteiger partial charge in [0.15, 0.2) is 16.6 Å². The van der Waals surface area contributed by atoms with Gasteiger partial charge >= 0.3 is 0 Å². The van der Waals surface area contributed by atoms with Crippen LogP contribution in [0.15, 0.2) is 113 Å². The van der Waals surface area contributed by atoms with Crippen LogP contribution in [0.1, 0.15) is 29.3 Å². The SMILES string of the molecule is CCC(Sc1cccc(NC(=O)/C(=C\c2ccc(OC)c(OC)c2)NC(=O)c2ccccc2)c1)C(=O)Nc1nc(-c2ccc(F)cc2)cs1. The quantitative estimate of drug-likeness (QED) is 0.0847. The number of nitrogens with zero attached hydrogens (tertiary/aromatic N) is 1. The first kappa shape index (κ1) is 34.9. The Kier molecular flexibility index (Phi) is 11.8. The highest BCUT2D eigenvalue weighted by molar-refractivity contribution is 8.00. The van der Waals surface area contributed by atoms with Gasteiger partial charge in [0.1, 0.15) is 11.5 Å². The Labute approximate surface area is 291 Å². The lowest BCUT2D eigenvalue weighted by Gasteiger charge is -2.15. The molecule has 5 aromatic rings. The second-order valence-electron chi connectivity index (χ2n) is 10.5. The molecule has 1 heterocycles. The highest BCUT2D eigenvalue weighted by atomic mass is 32.2. The van der Waals surface area contributed by atoms with Crippen molar-refractivity contribution < 1.29 is 28.2 Å². The second-order valence-corrected chi connectivity index (χ2v) is 12.7. The monoisotopic (exact) mass is 696 g/mol. The third-order valence-corrected chi connectivity index (χ3v) is 9.27. The first-order valence-electron chi connectivity index (χ1n) is 15.2. The van der Waals surface area contributed by atoms with E-state index in [4.69, 9.17) is 9.47 Å². The Balaban J connectivity index is 1.30. The summed E-state index contributed by atoms with van der Waals surface area (Å²) < 4.78 is 24.0. The molecule has 1 atom stereocenters. The van der Waals surface area contributed by atoms with Crippen LogP contribution < -0.4 is 25.4 Å². The molecule has 250 valence electrons. The standard InChI is InChI=1S/C37H33FN4O5S2/c1-4-33(36(45)42-37-41-30(22-48-37)24-14-16-26(38)17-15-24)49-28-12-8-11-27(21-28)39-35(44)29(40-34(43)25-9-6-5-7-10-25)19-23-13-18-31(46-2)32(20-23)47-3/h5-22,33H,4H2,1-3H3,(H,39,44)(H,40,43)(H,41,42,45)/b29-19+. The Hall–Kier alpha value is -5.46. The average molecular weight is 697 g/mol. The number of amides is 3. The fourth-order valence-electron chi connectivity index (χ4n) is 4.65. The predicted octanol–water partition coefficient (Wildman–Crippen LogP) is 7.89. The van der Waals surface area contributed by atoms with Crippen LogP contribution in [-0.2, 0) is 9.59 Å². The molecule has 1 aromatic heterocycles. The number of carbonyl (C=O) groups is 3. The molecule has 0 fully saturated rings. The van der Waals surface area contributed by atoms with E-state index in [2.05, 4.69) is 20.9 Å². The van der Waals surface area contributed by atoms with Crippen LogP contribution in [0.4, 0.5) is 15.2 Å². The van der Waals surface area contributed by atoms with Gasteiger partial charge in [-0.25, -0.2) is 9.37 Å². The molecule has 12 heteroatoms. The van der Waals surface area contributed by atoms with Crippen LogP contribution in [0.25, 0.3) is 17.3 Å². The van der Waals surface area contributed by atoms with Gasteiger partial charge in [0.25, 0.3) is 11.8 Å². The van der Waals surface area contributed by atoms with Crippen molar-refractivity contribution in [2.24, 2.45) is 0 Å². The van der Waals surface area contributed by atoms with Crippen molar-refractivity contribution >= 4 is 57.7 Å². The summed E-state index contributed by atoms with van der Waals surface area (Å²) in [7, 11) is 3.04. The van der Waals surface area contributed by atoms with Crippen molar-refractivity contribution in [3.05, 3.63) is 125 Å². The minimum absolute atomic E-state index is 0.00777. The Morgan fingerprint density at radius 3 is 2.37 bits per heavy atom. The molecule has 3 N–H and O–H groups in total. The highest BCUT2D eigenvalue weighted by Crippen LogP contribution is 2.31. The minimum Gasteiger partial charge on any atom is -0.493 e. The third kappa shape index (κ3) is 9.34. The number of benzene rings is 4. The van der Waals surface area contributed by atoms with Crippen molar-refractivity contribution in [3.8, 4) is 22.8 Å². The van der Waals surface area contributed by atoms with Crippen molar-refractivity contribution in [2.45, 2.75) is 23.5 Å². The summed E-state index contributed by atoms with van der Waals surface area (Å²) in [4.78, 5) is 45.2. The van der Waals surface area contributed by atoms with Gasteiger partial charge in [-0.2, -0.15) is 0 Å². The number of ether oxygens (including phenoxy) is 2. The van der Waals surface area contributed by atoms with E-state index in [-0.39, 0.29) is 17.4 Å². The summed E-state index contributed by atoms with van der Waals surface area (Å²) in [6.07, 6.45) is 2.08. The van der Waals surface area contributed by atoms with Gasteiger partial charge in [-0.05, 0) is 84.8 Å². The van der Waals surface area contributed by atoms with E-state index in [1.807, 2.05) is 13.0 Å². The van der Waals surface area contributed by atoms with E-state index in [0.29, 0.717) is 45.6 Å². The molecule has 0 radical (unpaired) electrons. The number of thioether (sulfide) groups is 1. The number of carbonyl (C=O) groups excluding carboxylic acids is 3. The summed E-state index contributed by atoms with van der Waals surface area (Å²) in [6.45, 7) is 1.91. The Bertz CT molecular complexity index is 1970. The largest absolute Gasteiger partial charge is 0.493 e. The van der Waals surface area contributed by atoms with Crippen LogP contribution in [0.2, 0.25) is 0 Å². The van der Waals surface area contributed by atoms with Crippen LogP contribution in [0.5, 0.6) is 11.5 Å². The van der Waals surface area contributed by atoms with Crippen LogP contribution in [-0.4, -0.2) is 42.2 Å². The highest BCUT2D eigenvalue weighted by Gasteiger charge is 2.21. The zero-order valence-corrected chi connectivity index (χ0v) is 28.5. The number of anilines is 2. The normalized spacial score (nSPS) is 11.7. The number of halogens is 1. The number of hydrogen-bond acceptors (Lipinski definition) is 8. The Morgan fingerprint density at radius 1 is 0.898 bits per heavy atom. The van der Waals surface area contributed by atoms with E-state index in [1.54, 1.807) is 90.3 Å². The maximum absolute atomic E-state index is 13.6. The number of rotatable bonds is 13. The summed E-state index contributed by atoms with van der Waals surface area (Å²) >= 11 is 2.64. The molecule has 0 bridgehead atoms. The smallest absolute Gasteiger partial charge is 0.272 e. The van der Waals surface area contributed by atoms with Crippen LogP contribution in [0.3, 0.4) is 0 Å². The van der Waals surface area contributed by atoms with Crippen molar-refractivity contribution in [2.75, 3.05) is 24.9 Å². The van der Waals surface area contributed by atoms with Gasteiger partial charge in [0.05, 0.1) is 25.2 Å². The van der Waals surface area contributed by atoms with Crippen LogP contribution in [0, 0.1) is 5.82 Å².